The van der Waals surface area contributed by atoms with Gasteiger partial charge in [-0.05, 0) is 48.9 Å². The van der Waals surface area contributed by atoms with Gasteiger partial charge >= 0.3 is 0 Å². The van der Waals surface area contributed by atoms with Gasteiger partial charge in [0.2, 0.25) is 10.0 Å². The lowest BCUT2D eigenvalue weighted by Gasteiger charge is -2.32. The predicted octanol–water partition coefficient (Wildman–Crippen LogP) is 4.65. The van der Waals surface area contributed by atoms with E-state index in [0.29, 0.717) is 18.2 Å². The standard InChI is InChI=1S/C24H23N3O4S/c28-32(29,19-11-12-30-15-19)27-18-10-9-17(13-18)23(27)24-25-20-7-4-8-21(22(20)26-24)31-14-16-5-2-1-3-6-16/h1-8,11-12,15,17-18,23H,9-10,13-14H2,(H,25,26)/t17-,18+,23-/m0/s1. The number of para-hydroxylation sites is 1. The van der Waals surface area contributed by atoms with Gasteiger partial charge in [-0.1, -0.05) is 36.4 Å². The number of imidazole rings is 1. The van der Waals surface area contributed by atoms with Gasteiger partial charge in [-0.15, -0.1) is 0 Å². The minimum atomic E-state index is -3.67. The second-order valence-electron chi connectivity index (χ2n) is 8.51. The topological polar surface area (TPSA) is 88.4 Å². The summed E-state index contributed by atoms with van der Waals surface area (Å²) in [5.74, 6) is 1.60. The summed E-state index contributed by atoms with van der Waals surface area (Å²) in [6, 6.07) is 16.9. The third-order valence-electron chi connectivity index (χ3n) is 6.61. The van der Waals surface area contributed by atoms with E-state index in [1.54, 1.807) is 4.31 Å². The molecule has 2 aromatic carbocycles. The molecule has 32 heavy (non-hydrogen) atoms. The van der Waals surface area contributed by atoms with Crippen molar-refractivity contribution < 1.29 is 17.6 Å². The summed E-state index contributed by atoms with van der Waals surface area (Å²) in [5, 5.41) is 0. The molecule has 7 nitrogen and oxygen atoms in total. The molecule has 2 fully saturated rings. The van der Waals surface area contributed by atoms with Crippen LogP contribution in [-0.2, 0) is 16.6 Å². The molecule has 1 saturated carbocycles. The number of piperidine rings is 1. The average Bonchev–Trinajstić information content (AvgIpc) is 3.60. The van der Waals surface area contributed by atoms with Gasteiger partial charge < -0.3 is 14.1 Å². The summed E-state index contributed by atoms with van der Waals surface area (Å²) < 4.78 is 39.6. The van der Waals surface area contributed by atoms with E-state index in [1.807, 2.05) is 48.5 Å². The molecule has 164 valence electrons. The first-order valence-corrected chi connectivity index (χ1v) is 12.3. The minimum absolute atomic E-state index is 0.00749. The molecule has 1 aliphatic heterocycles. The van der Waals surface area contributed by atoms with Crippen LogP contribution in [0, 0.1) is 5.92 Å². The molecule has 8 heteroatoms. The van der Waals surface area contributed by atoms with E-state index in [4.69, 9.17) is 14.1 Å². The number of furan rings is 1. The molecule has 3 heterocycles. The monoisotopic (exact) mass is 449 g/mol. The Hall–Kier alpha value is -3.10. The molecule has 1 N–H and O–H groups in total. The minimum Gasteiger partial charge on any atom is -0.487 e. The van der Waals surface area contributed by atoms with Crippen LogP contribution in [0.15, 0.2) is 76.4 Å². The van der Waals surface area contributed by atoms with Crippen LogP contribution in [0.5, 0.6) is 5.75 Å². The quantitative estimate of drug-likeness (QED) is 0.463. The fourth-order valence-corrected chi connectivity index (χ4v) is 6.97. The average molecular weight is 450 g/mol. The van der Waals surface area contributed by atoms with Gasteiger partial charge in [-0.3, -0.25) is 0 Å². The first-order valence-electron chi connectivity index (χ1n) is 10.8. The molecular formula is C24H23N3O4S. The number of hydrogen-bond donors (Lipinski definition) is 1. The summed E-state index contributed by atoms with van der Waals surface area (Å²) in [7, 11) is -3.67. The number of H-pyrrole nitrogens is 1. The maximum absolute atomic E-state index is 13.4. The van der Waals surface area contributed by atoms with Crippen LogP contribution in [0.1, 0.15) is 36.7 Å². The number of rotatable bonds is 6. The van der Waals surface area contributed by atoms with Crippen LogP contribution in [-0.4, -0.2) is 28.7 Å². The lowest BCUT2D eigenvalue weighted by atomic mass is 10.00. The SMILES string of the molecule is O=S(=O)(c1ccoc1)N1[C@@H]2CC[C@@H](C2)[C@H]1c1nc2c(OCc3ccccc3)cccc2[nH]1. The Morgan fingerprint density at radius 3 is 2.78 bits per heavy atom. The summed E-state index contributed by atoms with van der Waals surface area (Å²) in [6.07, 6.45) is 5.43. The molecule has 1 saturated heterocycles. The van der Waals surface area contributed by atoms with Crippen molar-refractivity contribution in [1.82, 2.24) is 14.3 Å². The third kappa shape index (κ3) is 3.13. The molecule has 4 aromatic rings. The molecule has 0 radical (unpaired) electrons. The lowest BCUT2D eigenvalue weighted by molar-refractivity contribution is 0.238. The Bertz CT molecular complexity index is 1350. The number of aromatic nitrogens is 2. The van der Waals surface area contributed by atoms with Gasteiger partial charge in [-0.2, -0.15) is 4.31 Å². The van der Waals surface area contributed by atoms with Gasteiger partial charge in [0.1, 0.15) is 34.9 Å². The van der Waals surface area contributed by atoms with Crippen LogP contribution in [0.4, 0.5) is 0 Å². The van der Waals surface area contributed by atoms with Crippen molar-refractivity contribution in [3.8, 4) is 5.75 Å². The van der Waals surface area contributed by atoms with Crippen LogP contribution >= 0.6 is 0 Å². The van der Waals surface area contributed by atoms with Gasteiger partial charge in [-0.25, -0.2) is 13.4 Å². The van der Waals surface area contributed by atoms with Crippen molar-refractivity contribution in [1.29, 1.82) is 0 Å². The maximum Gasteiger partial charge on any atom is 0.247 e. The highest BCUT2D eigenvalue weighted by Gasteiger charge is 2.53. The van der Waals surface area contributed by atoms with Crippen molar-refractivity contribution in [2.24, 2.45) is 5.92 Å². The molecule has 0 spiro atoms. The summed E-state index contributed by atoms with van der Waals surface area (Å²) in [6.45, 7) is 0.442. The lowest BCUT2D eigenvalue weighted by Crippen LogP contribution is -2.40. The Labute approximate surface area is 186 Å². The summed E-state index contributed by atoms with van der Waals surface area (Å²) >= 11 is 0. The van der Waals surface area contributed by atoms with E-state index in [0.717, 1.165) is 35.9 Å². The number of ether oxygens (including phenoxy) is 1. The Kier molecular flexibility index (Phi) is 4.58. The van der Waals surface area contributed by atoms with Crippen LogP contribution < -0.4 is 4.74 Å². The molecule has 0 amide bonds. The number of fused-ring (bicyclic) bond motifs is 3. The van der Waals surface area contributed by atoms with Crippen molar-refractivity contribution in [3.63, 3.8) is 0 Å². The first-order chi connectivity index (χ1) is 15.6. The van der Waals surface area contributed by atoms with Gasteiger partial charge in [0.25, 0.3) is 0 Å². The maximum atomic E-state index is 13.4. The largest absolute Gasteiger partial charge is 0.487 e. The molecule has 2 bridgehead atoms. The van der Waals surface area contributed by atoms with E-state index in [1.165, 1.54) is 18.6 Å². The van der Waals surface area contributed by atoms with Crippen LogP contribution in [0.2, 0.25) is 0 Å². The zero-order valence-corrected chi connectivity index (χ0v) is 18.2. The molecular weight excluding hydrogens is 426 g/mol. The first kappa shape index (κ1) is 19.6. The highest BCUT2D eigenvalue weighted by molar-refractivity contribution is 7.89. The van der Waals surface area contributed by atoms with E-state index in [9.17, 15) is 8.42 Å². The molecule has 1 aliphatic carbocycles. The Balaban J connectivity index is 1.36. The van der Waals surface area contributed by atoms with Crippen molar-refractivity contribution in [3.05, 3.63) is 78.5 Å². The van der Waals surface area contributed by atoms with Crippen LogP contribution in [0.3, 0.4) is 0 Å². The normalized spacial score (nSPS) is 23.2. The van der Waals surface area contributed by atoms with Gasteiger partial charge in [0.05, 0.1) is 17.8 Å². The van der Waals surface area contributed by atoms with Crippen molar-refractivity contribution in [2.75, 3.05) is 0 Å². The van der Waals surface area contributed by atoms with E-state index in [2.05, 4.69) is 4.98 Å². The molecule has 6 rings (SSSR count). The summed E-state index contributed by atoms with van der Waals surface area (Å²) in [5.41, 5.74) is 2.64. The Morgan fingerprint density at radius 1 is 1.09 bits per heavy atom. The third-order valence-corrected chi connectivity index (χ3v) is 8.52. The Morgan fingerprint density at radius 2 is 1.97 bits per heavy atom. The van der Waals surface area contributed by atoms with Crippen LogP contribution in [0.25, 0.3) is 11.0 Å². The fourth-order valence-electron chi connectivity index (χ4n) is 5.17. The summed E-state index contributed by atoms with van der Waals surface area (Å²) in [4.78, 5) is 8.44. The van der Waals surface area contributed by atoms with Gasteiger partial charge in [0, 0.05) is 6.04 Å². The smallest absolute Gasteiger partial charge is 0.247 e. The molecule has 3 atom stereocenters. The number of sulfonamides is 1. The zero-order valence-electron chi connectivity index (χ0n) is 17.3. The van der Waals surface area contributed by atoms with E-state index in [-0.39, 0.29) is 22.9 Å². The number of aromatic amines is 1. The van der Waals surface area contributed by atoms with E-state index >= 15 is 0 Å². The second-order valence-corrected chi connectivity index (χ2v) is 10.4. The highest BCUT2D eigenvalue weighted by atomic mass is 32.2. The number of nitrogens with one attached hydrogen (secondary N) is 1. The van der Waals surface area contributed by atoms with E-state index < -0.39 is 10.0 Å². The molecule has 2 aliphatic rings. The predicted molar refractivity (Wildman–Crippen MR) is 118 cm³/mol. The fraction of sp³-hybridized carbons (Fsp3) is 0.292. The molecule has 0 unspecified atom stereocenters. The number of nitrogens with zero attached hydrogens (tertiary/aromatic N) is 2. The zero-order chi connectivity index (χ0) is 21.7. The molecule has 2 aromatic heterocycles. The van der Waals surface area contributed by atoms with Crippen molar-refractivity contribution >= 4 is 21.1 Å². The van der Waals surface area contributed by atoms with Gasteiger partial charge in [0.15, 0.2) is 0 Å². The number of benzene rings is 2. The van der Waals surface area contributed by atoms with Crippen molar-refractivity contribution in [2.45, 2.75) is 42.8 Å². The second kappa shape index (κ2) is 7.50. The highest BCUT2D eigenvalue weighted by Crippen LogP contribution is 2.52. The number of hydrogen-bond acceptors (Lipinski definition) is 5.